The third kappa shape index (κ3) is 5.13. The van der Waals surface area contributed by atoms with Crippen molar-refractivity contribution in [2.24, 2.45) is 5.92 Å². The molecule has 0 saturated carbocycles. The van der Waals surface area contributed by atoms with Gasteiger partial charge in [0.2, 0.25) is 0 Å². The van der Waals surface area contributed by atoms with E-state index in [1.54, 1.807) is 19.1 Å². The molecule has 1 aliphatic rings. The Bertz CT molecular complexity index is 1040. The first-order valence-electron chi connectivity index (χ1n) is 9.10. The zero-order valence-electron chi connectivity index (χ0n) is 15.8. The number of carbonyl (C=O) groups excluding carboxylic acids is 1. The number of carbonyl (C=O) groups is 1. The van der Waals surface area contributed by atoms with Gasteiger partial charge in [0.1, 0.15) is 10.7 Å². The van der Waals surface area contributed by atoms with Gasteiger partial charge in [0, 0.05) is 24.8 Å². The number of aryl methyl sites for hydroxylation is 1. The summed E-state index contributed by atoms with van der Waals surface area (Å²) in [4.78, 5) is 25.1. The van der Waals surface area contributed by atoms with Crippen LogP contribution in [0.3, 0.4) is 0 Å². The summed E-state index contributed by atoms with van der Waals surface area (Å²) in [5, 5.41) is 17.8. The highest BCUT2D eigenvalue weighted by Gasteiger charge is 2.29. The molecule has 1 aromatic carbocycles. The second-order valence-corrected chi connectivity index (χ2v) is 9.83. The van der Waals surface area contributed by atoms with E-state index in [9.17, 15) is 23.3 Å². The Balaban J connectivity index is 1.82. The zero-order valence-corrected chi connectivity index (χ0v) is 17.4. The molecule has 1 atom stereocenters. The fraction of sp³-hybridized carbons (Fsp3) is 0.444. The third-order valence-electron chi connectivity index (χ3n) is 4.96. The number of hydrogen-bond acceptors (Lipinski definition) is 6. The van der Waals surface area contributed by atoms with E-state index in [0.717, 1.165) is 5.69 Å². The lowest BCUT2D eigenvalue weighted by Crippen LogP contribution is -2.33. The maximum atomic E-state index is 13.0. The van der Waals surface area contributed by atoms with Gasteiger partial charge in [-0.2, -0.15) is 5.10 Å². The van der Waals surface area contributed by atoms with Gasteiger partial charge in [0.15, 0.2) is 9.84 Å². The van der Waals surface area contributed by atoms with Crippen LogP contribution in [-0.2, 0) is 16.4 Å². The molecule has 29 heavy (non-hydrogen) atoms. The molecule has 11 heteroatoms. The second-order valence-electron chi connectivity index (χ2n) is 7.23. The molecular formula is C18H21ClN4O5S. The van der Waals surface area contributed by atoms with E-state index >= 15 is 0 Å². The summed E-state index contributed by atoms with van der Waals surface area (Å²) in [5.74, 6) is -0.0794. The Morgan fingerprint density at radius 2 is 2.21 bits per heavy atom. The second kappa shape index (κ2) is 8.50. The van der Waals surface area contributed by atoms with Crippen LogP contribution < -0.4 is 0 Å². The summed E-state index contributed by atoms with van der Waals surface area (Å²) >= 11 is 6.19. The fourth-order valence-corrected chi connectivity index (χ4v) is 5.58. The Hall–Kier alpha value is -2.46. The average molecular weight is 441 g/mol. The number of hydrogen-bond donors (Lipinski definition) is 1. The summed E-state index contributed by atoms with van der Waals surface area (Å²) in [7, 11) is -3.01. The van der Waals surface area contributed by atoms with Crippen LogP contribution in [0.2, 0.25) is 5.02 Å². The molecule has 1 N–H and O–H groups in total. The van der Waals surface area contributed by atoms with E-state index < -0.39 is 14.8 Å². The van der Waals surface area contributed by atoms with Crippen molar-refractivity contribution in [3.63, 3.8) is 0 Å². The van der Waals surface area contributed by atoms with E-state index in [4.69, 9.17) is 11.6 Å². The van der Waals surface area contributed by atoms with E-state index in [2.05, 4.69) is 10.2 Å². The van der Waals surface area contributed by atoms with Crippen molar-refractivity contribution in [3.8, 4) is 0 Å². The number of benzene rings is 1. The lowest BCUT2D eigenvalue weighted by Gasteiger charge is -2.24. The van der Waals surface area contributed by atoms with Crippen molar-refractivity contribution in [2.45, 2.75) is 26.3 Å². The highest BCUT2D eigenvalue weighted by Crippen LogP contribution is 2.29. The number of nitrogens with zero attached hydrogens (tertiary/aromatic N) is 3. The number of sulfone groups is 1. The number of nitro groups is 1. The fourth-order valence-electron chi connectivity index (χ4n) is 3.42. The minimum atomic E-state index is -3.01. The Labute approximate surface area is 173 Å². The number of aromatic nitrogens is 2. The van der Waals surface area contributed by atoms with Gasteiger partial charge in [-0.1, -0.05) is 23.7 Å². The van der Waals surface area contributed by atoms with Crippen molar-refractivity contribution in [2.75, 3.05) is 18.1 Å². The number of rotatable bonds is 7. The lowest BCUT2D eigenvalue weighted by atomic mass is 10.0. The number of amides is 1. The molecule has 1 unspecified atom stereocenters. The predicted molar refractivity (Wildman–Crippen MR) is 108 cm³/mol. The van der Waals surface area contributed by atoms with Crippen molar-refractivity contribution < 1.29 is 18.1 Å². The molecule has 0 radical (unpaired) electrons. The SMILES string of the molecule is Cc1cc(C(=O)N(CCC2CCS(=O)(=O)C2)Cc2cccc([N+](=O)[O-])c2Cl)n[nH]1. The van der Waals surface area contributed by atoms with Crippen LogP contribution in [0.5, 0.6) is 0 Å². The monoisotopic (exact) mass is 440 g/mol. The number of halogens is 1. The number of aromatic amines is 1. The first kappa shape index (κ1) is 21.3. The van der Waals surface area contributed by atoms with Crippen molar-refractivity contribution in [1.29, 1.82) is 0 Å². The zero-order chi connectivity index (χ0) is 21.2. The van der Waals surface area contributed by atoms with Crippen LogP contribution in [0.4, 0.5) is 5.69 Å². The smallest absolute Gasteiger partial charge is 0.288 e. The Kier molecular flexibility index (Phi) is 6.23. The van der Waals surface area contributed by atoms with E-state index in [0.29, 0.717) is 24.9 Å². The van der Waals surface area contributed by atoms with Gasteiger partial charge in [-0.25, -0.2) is 8.42 Å². The van der Waals surface area contributed by atoms with Crippen LogP contribution in [-0.4, -0.2) is 52.4 Å². The maximum Gasteiger partial charge on any atom is 0.288 e. The maximum absolute atomic E-state index is 13.0. The third-order valence-corrected chi connectivity index (χ3v) is 7.24. The van der Waals surface area contributed by atoms with Gasteiger partial charge < -0.3 is 4.90 Å². The molecule has 1 aromatic heterocycles. The van der Waals surface area contributed by atoms with Crippen LogP contribution in [0, 0.1) is 23.0 Å². The van der Waals surface area contributed by atoms with E-state index in [1.165, 1.54) is 17.0 Å². The first-order valence-corrected chi connectivity index (χ1v) is 11.3. The van der Waals surface area contributed by atoms with Crippen molar-refractivity contribution in [3.05, 3.63) is 56.4 Å². The van der Waals surface area contributed by atoms with Gasteiger partial charge in [-0.05, 0) is 37.3 Å². The van der Waals surface area contributed by atoms with Gasteiger partial charge in [0.25, 0.3) is 11.6 Å². The highest BCUT2D eigenvalue weighted by atomic mass is 35.5. The molecule has 1 amide bonds. The molecule has 1 saturated heterocycles. The van der Waals surface area contributed by atoms with Crippen LogP contribution >= 0.6 is 11.6 Å². The molecule has 3 rings (SSSR count). The summed E-state index contributed by atoms with van der Waals surface area (Å²) < 4.78 is 23.4. The van der Waals surface area contributed by atoms with Crippen LogP contribution in [0.25, 0.3) is 0 Å². The first-order chi connectivity index (χ1) is 13.7. The molecule has 0 bridgehead atoms. The topological polar surface area (TPSA) is 126 Å². The minimum absolute atomic E-state index is 0.0167. The molecule has 1 fully saturated rings. The minimum Gasteiger partial charge on any atom is -0.333 e. The quantitative estimate of drug-likeness (QED) is 0.521. The number of nitrogens with one attached hydrogen (secondary N) is 1. The summed E-state index contributed by atoms with van der Waals surface area (Å²) in [6.45, 7) is 2.13. The summed E-state index contributed by atoms with van der Waals surface area (Å²) in [5.41, 5.74) is 1.17. The predicted octanol–water partition coefficient (Wildman–Crippen LogP) is 2.75. The van der Waals surface area contributed by atoms with Crippen LogP contribution in [0.15, 0.2) is 24.3 Å². The molecule has 0 aliphatic carbocycles. The van der Waals surface area contributed by atoms with Crippen molar-refractivity contribution in [1.82, 2.24) is 15.1 Å². The molecule has 1 aliphatic heterocycles. The molecule has 2 heterocycles. The largest absolute Gasteiger partial charge is 0.333 e. The number of H-pyrrole nitrogens is 1. The molecular weight excluding hydrogens is 420 g/mol. The lowest BCUT2D eigenvalue weighted by molar-refractivity contribution is -0.384. The van der Waals surface area contributed by atoms with Gasteiger partial charge in [0.05, 0.1) is 16.4 Å². The molecule has 156 valence electrons. The average Bonchev–Trinajstić information content (AvgIpc) is 3.24. The Morgan fingerprint density at radius 3 is 2.79 bits per heavy atom. The summed E-state index contributed by atoms with van der Waals surface area (Å²) in [6.07, 6.45) is 1.09. The summed E-state index contributed by atoms with van der Waals surface area (Å²) in [6, 6.07) is 6.07. The highest BCUT2D eigenvalue weighted by molar-refractivity contribution is 7.91. The molecule has 9 nitrogen and oxygen atoms in total. The van der Waals surface area contributed by atoms with Crippen molar-refractivity contribution >= 4 is 33.0 Å². The normalized spacial score (nSPS) is 17.9. The standard InChI is InChI=1S/C18H21ClN4O5S/c1-12-9-15(21-20-12)18(24)22(7-5-13-6-8-29(27,28)11-13)10-14-3-2-4-16(17(14)19)23(25)26/h2-4,9,13H,5-8,10-11H2,1H3,(H,20,21). The number of nitro benzene ring substituents is 1. The van der Waals surface area contributed by atoms with E-state index in [-0.39, 0.29) is 46.3 Å². The Morgan fingerprint density at radius 1 is 1.45 bits per heavy atom. The van der Waals surface area contributed by atoms with Gasteiger partial charge in [-0.3, -0.25) is 20.0 Å². The van der Waals surface area contributed by atoms with Gasteiger partial charge >= 0.3 is 0 Å². The van der Waals surface area contributed by atoms with Gasteiger partial charge in [-0.15, -0.1) is 0 Å². The molecule has 0 spiro atoms. The van der Waals surface area contributed by atoms with E-state index in [1.807, 2.05) is 0 Å². The van der Waals surface area contributed by atoms with Crippen LogP contribution in [0.1, 0.15) is 34.6 Å². The molecule has 2 aromatic rings.